The Labute approximate surface area is 126 Å². The van der Waals surface area contributed by atoms with E-state index in [9.17, 15) is 13.2 Å². The number of carbonyl (C=O) groups is 1. The Kier molecular flexibility index (Phi) is 4.82. The predicted molar refractivity (Wildman–Crippen MR) is 79.6 cm³/mol. The summed E-state index contributed by atoms with van der Waals surface area (Å²) in [6, 6.07) is 4.80. The second kappa shape index (κ2) is 6.24. The van der Waals surface area contributed by atoms with Gasteiger partial charge in [0.25, 0.3) is 0 Å². The zero-order chi connectivity index (χ0) is 14.8. The van der Waals surface area contributed by atoms with Gasteiger partial charge in [0.15, 0.2) is 9.84 Å². The standard InChI is InChI=1S/C13H16BrNO4S/c14-12-6-9(13(16)17)3-4-10(12)7-15-11-2-1-5-20(18,19)8-11/h3-4,6,11,15H,1-2,5,7-8H2,(H,16,17). The summed E-state index contributed by atoms with van der Waals surface area (Å²) in [5.74, 6) is -0.511. The summed E-state index contributed by atoms with van der Waals surface area (Å²) in [7, 11) is -2.92. The lowest BCUT2D eigenvalue weighted by molar-refractivity contribution is 0.0696. The molecule has 1 aromatic rings. The molecule has 1 aromatic carbocycles. The molecular formula is C13H16BrNO4S. The third kappa shape index (κ3) is 4.04. The first-order valence-corrected chi connectivity index (χ1v) is 8.94. The smallest absolute Gasteiger partial charge is 0.335 e. The molecule has 0 saturated carbocycles. The van der Waals surface area contributed by atoms with Crippen LogP contribution >= 0.6 is 15.9 Å². The molecule has 1 atom stereocenters. The van der Waals surface area contributed by atoms with Gasteiger partial charge in [0, 0.05) is 17.1 Å². The van der Waals surface area contributed by atoms with E-state index in [1.807, 2.05) is 0 Å². The number of benzene rings is 1. The maximum Gasteiger partial charge on any atom is 0.335 e. The zero-order valence-corrected chi connectivity index (χ0v) is 13.2. The molecule has 1 saturated heterocycles. The van der Waals surface area contributed by atoms with Crippen LogP contribution in [0, 0.1) is 0 Å². The molecule has 1 fully saturated rings. The van der Waals surface area contributed by atoms with Crippen molar-refractivity contribution in [3.8, 4) is 0 Å². The Balaban J connectivity index is 1.99. The fourth-order valence-electron chi connectivity index (χ4n) is 2.26. The van der Waals surface area contributed by atoms with E-state index in [2.05, 4.69) is 21.2 Å². The maximum absolute atomic E-state index is 11.5. The maximum atomic E-state index is 11.5. The van der Waals surface area contributed by atoms with Gasteiger partial charge in [-0.05, 0) is 30.5 Å². The van der Waals surface area contributed by atoms with Gasteiger partial charge in [-0.1, -0.05) is 22.0 Å². The van der Waals surface area contributed by atoms with Gasteiger partial charge in [-0.25, -0.2) is 13.2 Å². The largest absolute Gasteiger partial charge is 0.478 e. The van der Waals surface area contributed by atoms with Gasteiger partial charge in [0.1, 0.15) is 0 Å². The summed E-state index contributed by atoms with van der Waals surface area (Å²) >= 11 is 3.34. The van der Waals surface area contributed by atoms with Crippen LogP contribution in [0.3, 0.4) is 0 Å². The van der Waals surface area contributed by atoms with Crippen molar-refractivity contribution in [1.29, 1.82) is 0 Å². The Hall–Kier alpha value is -0.920. The molecule has 7 heteroatoms. The molecule has 0 aromatic heterocycles. The highest BCUT2D eigenvalue weighted by Gasteiger charge is 2.24. The number of sulfone groups is 1. The number of aromatic carboxylic acids is 1. The quantitative estimate of drug-likeness (QED) is 0.854. The number of halogens is 1. The molecule has 5 nitrogen and oxygen atoms in total. The average Bonchev–Trinajstić information content (AvgIpc) is 2.36. The lowest BCUT2D eigenvalue weighted by Gasteiger charge is -2.23. The molecule has 1 unspecified atom stereocenters. The minimum absolute atomic E-state index is 0.0280. The summed E-state index contributed by atoms with van der Waals surface area (Å²) in [6.45, 7) is 0.515. The minimum atomic E-state index is -2.92. The molecule has 1 aliphatic heterocycles. The molecule has 20 heavy (non-hydrogen) atoms. The van der Waals surface area contributed by atoms with Gasteiger partial charge in [-0.15, -0.1) is 0 Å². The number of rotatable bonds is 4. The highest BCUT2D eigenvalue weighted by Crippen LogP contribution is 2.20. The first-order chi connectivity index (χ1) is 9.37. The Morgan fingerprint density at radius 1 is 1.45 bits per heavy atom. The van der Waals surface area contributed by atoms with Gasteiger partial charge in [-0.2, -0.15) is 0 Å². The van der Waals surface area contributed by atoms with Gasteiger partial charge in [0.05, 0.1) is 17.1 Å². The molecule has 110 valence electrons. The fourth-order valence-corrected chi connectivity index (χ4v) is 4.45. The van der Waals surface area contributed by atoms with Crippen molar-refractivity contribution >= 4 is 31.7 Å². The van der Waals surface area contributed by atoms with Crippen LogP contribution in [0.1, 0.15) is 28.8 Å². The molecule has 2 N–H and O–H groups in total. The molecule has 0 spiro atoms. The third-order valence-corrected chi connectivity index (χ3v) is 5.90. The van der Waals surface area contributed by atoms with E-state index in [1.54, 1.807) is 18.2 Å². The molecule has 1 heterocycles. The van der Waals surface area contributed by atoms with E-state index in [0.717, 1.165) is 12.0 Å². The van der Waals surface area contributed by atoms with Crippen molar-refractivity contribution in [1.82, 2.24) is 5.32 Å². The number of hydrogen-bond donors (Lipinski definition) is 2. The average molecular weight is 362 g/mol. The van der Waals surface area contributed by atoms with E-state index in [0.29, 0.717) is 17.4 Å². The van der Waals surface area contributed by atoms with Gasteiger partial charge < -0.3 is 10.4 Å². The molecule has 1 aliphatic rings. The minimum Gasteiger partial charge on any atom is -0.478 e. The molecule has 0 radical (unpaired) electrons. The summed E-state index contributed by atoms with van der Waals surface area (Å²) in [6.07, 6.45) is 1.54. The highest BCUT2D eigenvalue weighted by molar-refractivity contribution is 9.10. The van der Waals surface area contributed by atoms with Gasteiger partial charge in [0.2, 0.25) is 0 Å². The van der Waals surface area contributed by atoms with Crippen LogP contribution in [0.15, 0.2) is 22.7 Å². The van der Waals surface area contributed by atoms with Crippen molar-refractivity contribution in [3.05, 3.63) is 33.8 Å². The lowest BCUT2D eigenvalue weighted by Crippen LogP contribution is -2.39. The third-order valence-electron chi connectivity index (χ3n) is 3.34. The first-order valence-electron chi connectivity index (χ1n) is 6.33. The van der Waals surface area contributed by atoms with Gasteiger partial charge in [-0.3, -0.25) is 0 Å². The number of hydrogen-bond acceptors (Lipinski definition) is 4. The van der Waals surface area contributed by atoms with Crippen LogP contribution in [0.5, 0.6) is 0 Å². The van der Waals surface area contributed by atoms with E-state index >= 15 is 0 Å². The summed E-state index contributed by atoms with van der Waals surface area (Å²) in [5, 5.41) is 12.1. The van der Waals surface area contributed by atoms with Crippen LogP contribution in [0.2, 0.25) is 0 Å². The number of nitrogens with one attached hydrogen (secondary N) is 1. The molecular weight excluding hydrogens is 346 g/mol. The number of carboxylic acid groups (broad SMARTS) is 1. The first kappa shape index (κ1) is 15.5. The van der Waals surface area contributed by atoms with Crippen molar-refractivity contribution in [2.24, 2.45) is 0 Å². The van der Waals surface area contributed by atoms with Crippen molar-refractivity contribution in [2.45, 2.75) is 25.4 Å². The lowest BCUT2D eigenvalue weighted by atomic mass is 10.1. The topological polar surface area (TPSA) is 83.5 Å². The van der Waals surface area contributed by atoms with Crippen molar-refractivity contribution in [3.63, 3.8) is 0 Å². The number of carboxylic acids is 1. The van der Waals surface area contributed by atoms with Crippen LogP contribution in [-0.4, -0.2) is 37.0 Å². The summed E-state index contributed by atoms with van der Waals surface area (Å²) < 4.78 is 23.8. The Morgan fingerprint density at radius 3 is 2.80 bits per heavy atom. The molecule has 2 rings (SSSR count). The van der Waals surface area contributed by atoms with E-state index in [-0.39, 0.29) is 23.1 Å². The van der Waals surface area contributed by atoms with Crippen molar-refractivity contribution in [2.75, 3.05) is 11.5 Å². The summed E-state index contributed by atoms with van der Waals surface area (Å²) in [5.41, 5.74) is 1.14. The SMILES string of the molecule is O=C(O)c1ccc(CNC2CCCS(=O)(=O)C2)c(Br)c1. The highest BCUT2D eigenvalue weighted by atomic mass is 79.9. The van der Waals surface area contributed by atoms with E-state index in [1.165, 1.54) is 0 Å². The monoisotopic (exact) mass is 361 g/mol. The van der Waals surface area contributed by atoms with Gasteiger partial charge >= 0.3 is 5.97 Å². The summed E-state index contributed by atoms with van der Waals surface area (Å²) in [4.78, 5) is 10.8. The van der Waals surface area contributed by atoms with Crippen LogP contribution in [0.25, 0.3) is 0 Å². The predicted octanol–water partition coefficient (Wildman–Crippen LogP) is 1.81. The molecule has 0 aliphatic carbocycles. The van der Waals surface area contributed by atoms with Crippen molar-refractivity contribution < 1.29 is 18.3 Å². The fraction of sp³-hybridized carbons (Fsp3) is 0.462. The Morgan fingerprint density at radius 2 is 2.20 bits per heavy atom. The van der Waals surface area contributed by atoms with Crippen LogP contribution in [0.4, 0.5) is 0 Å². The van der Waals surface area contributed by atoms with E-state index in [4.69, 9.17) is 5.11 Å². The van der Waals surface area contributed by atoms with Crippen LogP contribution < -0.4 is 5.32 Å². The molecule has 0 amide bonds. The van der Waals surface area contributed by atoms with E-state index < -0.39 is 15.8 Å². The normalized spacial score (nSPS) is 21.6. The second-order valence-electron chi connectivity index (χ2n) is 4.95. The Bertz CT molecular complexity index is 615. The second-order valence-corrected chi connectivity index (χ2v) is 8.03. The zero-order valence-electron chi connectivity index (χ0n) is 10.8. The molecule has 0 bridgehead atoms. The van der Waals surface area contributed by atoms with Crippen LogP contribution in [-0.2, 0) is 16.4 Å².